The molecule has 0 spiro atoms. The van der Waals surface area contributed by atoms with Crippen molar-refractivity contribution in [2.24, 2.45) is 5.73 Å². The number of fused-ring (bicyclic) bond motifs is 2. The smallest absolute Gasteiger partial charge is 0.335 e. The number of aromatic carboxylic acids is 1. The lowest BCUT2D eigenvalue weighted by Gasteiger charge is -2.19. The molecule has 2 aromatic heterocycles. The average molecular weight is 504 g/mol. The van der Waals surface area contributed by atoms with Crippen molar-refractivity contribution in [1.29, 1.82) is 5.41 Å². The van der Waals surface area contributed by atoms with Gasteiger partial charge >= 0.3 is 5.97 Å². The standard InChI is InChI=1S/C24H21N7O4S/c1-31(36(34,35)16-4-2-3-14(9-16)24(32)33)15-6-8-18-20(11-15)30-22(28-18)12-21-27-17-7-5-13(23(25)26)10-19(17)29-21/h2-11H,12H2,1H3,(H3,25,26)(H,27,29)(H,28,30)(H,32,33). The third-order valence-corrected chi connectivity index (χ3v) is 7.58. The van der Waals surface area contributed by atoms with Crippen molar-refractivity contribution < 1.29 is 18.3 Å². The zero-order valence-electron chi connectivity index (χ0n) is 19.0. The number of rotatable bonds is 7. The predicted octanol–water partition coefficient (Wildman–Crippen LogP) is 2.84. The number of carboxylic acids is 1. The minimum absolute atomic E-state index is 0.0314. The summed E-state index contributed by atoms with van der Waals surface area (Å²) in [5.41, 5.74) is 9.20. The largest absolute Gasteiger partial charge is 0.478 e. The highest BCUT2D eigenvalue weighted by Gasteiger charge is 2.23. The maximum atomic E-state index is 13.1. The second kappa shape index (κ2) is 8.50. The Morgan fingerprint density at radius 1 is 0.972 bits per heavy atom. The summed E-state index contributed by atoms with van der Waals surface area (Å²) in [6.07, 6.45) is 0.379. The summed E-state index contributed by atoms with van der Waals surface area (Å²) in [4.78, 5) is 26.7. The fraction of sp³-hybridized carbons (Fsp3) is 0.0833. The van der Waals surface area contributed by atoms with E-state index in [1.165, 1.54) is 25.2 Å². The predicted molar refractivity (Wildman–Crippen MR) is 135 cm³/mol. The molecule has 5 aromatic rings. The SMILES string of the molecule is CN(c1ccc2[nH]c(Cc3nc4cc(C(=N)N)ccc4[nH]3)nc2c1)S(=O)(=O)c1cccc(C(=O)O)c1. The number of H-pyrrole nitrogens is 2. The zero-order chi connectivity index (χ0) is 25.6. The third-order valence-electron chi connectivity index (χ3n) is 5.80. The number of carboxylic acid groups (broad SMARTS) is 1. The third kappa shape index (κ3) is 4.14. The number of aromatic nitrogens is 4. The van der Waals surface area contributed by atoms with Crippen molar-refractivity contribution in [3.8, 4) is 0 Å². The number of imidazole rings is 2. The van der Waals surface area contributed by atoms with Crippen molar-refractivity contribution in [1.82, 2.24) is 19.9 Å². The van der Waals surface area contributed by atoms with Crippen LogP contribution in [0, 0.1) is 5.41 Å². The summed E-state index contributed by atoms with van der Waals surface area (Å²) in [7, 11) is -2.59. The van der Waals surface area contributed by atoms with Gasteiger partial charge in [0.05, 0.1) is 44.6 Å². The van der Waals surface area contributed by atoms with Gasteiger partial charge in [-0.1, -0.05) is 6.07 Å². The van der Waals surface area contributed by atoms with Gasteiger partial charge in [-0.2, -0.15) is 0 Å². The molecular weight excluding hydrogens is 482 g/mol. The molecule has 0 saturated heterocycles. The van der Waals surface area contributed by atoms with Gasteiger partial charge < -0.3 is 20.8 Å². The van der Waals surface area contributed by atoms with Gasteiger partial charge in [-0.3, -0.25) is 9.71 Å². The van der Waals surface area contributed by atoms with Crippen molar-refractivity contribution in [3.63, 3.8) is 0 Å². The average Bonchev–Trinajstić information content (AvgIpc) is 3.45. The van der Waals surface area contributed by atoms with Gasteiger partial charge in [0.15, 0.2) is 0 Å². The number of benzene rings is 3. The van der Waals surface area contributed by atoms with E-state index in [1.807, 2.05) is 6.07 Å². The molecule has 2 heterocycles. The number of nitrogens with one attached hydrogen (secondary N) is 3. The fourth-order valence-electron chi connectivity index (χ4n) is 3.88. The minimum atomic E-state index is -3.99. The first-order valence-corrected chi connectivity index (χ1v) is 12.2. The van der Waals surface area contributed by atoms with Gasteiger partial charge in [-0.25, -0.2) is 23.2 Å². The molecule has 0 saturated carbocycles. The van der Waals surface area contributed by atoms with E-state index in [0.717, 1.165) is 21.4 Å². The molecule has 36 heavy (non-hydrogen) atoms. The number of amidine groups is 1. The van der Waals surface area contributed by atoms with E-state index in [4.69, 9.17) is 11.1 Å². The summed E-state index contributed by atoms with van der Waals surface area (Å²) >= 11 is 0. The normalized spacial score (nSPS) is 11.7. The van der Waals surface area contributed by atoms with E-state index in [2.05, 4.69) is 19.9 Å². The van der Waals surface area contributed by atoms with E-state index in [1.54, 1.807) is 30.3 Å². The van der Waals surface area contributed by atoms with Crippen LogP contribution in [0.15, 0.2) is 65.6 Å². The van der Waals surface area contributed by atoms with Crippen LogP contribution in [0.2, 0.25) is 0 Å². The molecule has 0 aliphatic rings. The number of aromatic amines is 2. The fourth-order valence-corrected chi connectivity index (χ4v) is 5.12. The van der Waals surface area contributed by atoms with Gasteiger partial charge in [0, 0.05) is 12.6 Å². The van der Waals surface area contributed by atoms with Crippen LogP contribution in [0.3, 0.4) is 0 Å². The number of nitrogens with zero attached hydrogens (tertiary/aromatic N) is 3. The van der Waals surface area contributed by atoms with Crippen LogP contribution in [-0.4, -0.2) is 52.3 Å². The van der Waals surface area contributed by atoms with Crippen molar-refractivity contribution in [3.05, 3.63) is 83.4 Å². The van der Waals surface area contributed by atoms with Crippen molar-refractivity contribution >= 4 is 49.6 Å². The summed E-state index contributed by atoms with van der Waals surface area (Å²) < 4.78 is 27.3. The van der Waals surface area contributed by atoms with E-state index < -0.39 is 16.0 Å². The van der Waals surface area contributed by atoms with E-state index in [0.29, 0.717) is 40.4 Å². The van der Waals surface area contributed by atoms with Crippen LogP contribution in [0.5, 0.6) is 0 Å². The number of nitrogen functional groups attached to an aromatic ring is 1. The number of nitrogens with two attached hydrogens (primary N) is 1. The topological polar surface area (TPSA) is 182 Å². The maximum absolute atomic E-state index is 13.1. The van der Waals surface area contributed by atoms with E-state index in [9.17, 15) is 18.3 Å². The van der Waals surface area contributed by atoms with Crippen LogP contribution < -0.4 is 10.0 Å². The van der Waals surface area contributed by atoms with Crippen LogP contribution in [0.4, 0.5) is 5.69 Å². The first kappa shape index (κ1) is 23.1. The molecule has 0 bridgehead atoms. The summed E-state index contributed by atoms with van der Waals surface area (Å²) in [6, 6.07) is 15.5. The quantitative estimate of drug-likeness (QED) is 0.167. The molecule has 5 rings (SSSR count). The van der Waals surface area contributed by atoms with Gasteiger partial charge in [0.1, 0.15) is 17.5 Å². The van der Waals surface area contributed by atoms with Crippen LogP contribution in [0.25, 0.3) is 22.1 Å². The first-order valence-electron chi connectivity index (χ1n) is 10.8. The van der Waals surface area contributed by atoms with Crippen molar-refractivity contribution in [2.75, 3.05) is 11.4 Å². The lowest BCUT2D eigenvalue weighted by Crippen LogP contribution is -2.26. The van der Waals surface area contributed by atoms with Gasteiger partial charge in [-0.05, 0) is 54.6 Å². The van der Waals surface area contributed by atoms with Gasteiger partial charge in [0.25, 0.3) is 10.0 Å². The summed E-state index contributed by atoms with van der Waals surface area (Å²) in [6.45, 7) is 0. The molecule has 0 unspecified atom stereocenters. The molecule has 0 atom stereocenters. The van der Waals surface area contributed by atoms with E-state index in [-0.39, 0.29) is 16.3 Å². The Morgan fingerprint density at radius 2 is 1.61 bits per heavy atom. The second-order valence-corrected chi connectivity index (χ2v) is 10.2. The molecule has 0 fully saturated rings. The molecular formula is C24H21N7O4S. The molecule has 0 aliphatic carbocycles. The lowest BCUT2D eigenvalue weighted by atomic mass is 10.2. The molecule has 11 nitrogen and oxygen atoms in total. The van der Waals surface area contributed by atoms with Gasteiger partial charge in [0.2, 0.25) is 0 Å². The number of anilines is 1. The number of hydrogen-bond donors (Lipinski definition) is 5. The van der Waals surface area contributed by atoms with Crippen LogP contribution in [0.1, 0.15) is 27.6 Å². The minimum Gasteiger partial charge on any atom is -0.478 e. The molecule has 12 heteroatoms. The molecule has 0 radical (unpaired) electrons. The Morgan fingerprint density at radius 3 is 2.25 bits per heavy atom. The van der Waals surface area contributed by atoms with Crippen LogP contribution in [-0.2, 0) is 16.4 Å². The summed E-state index contributed by atoms with van der Waals surface area (Å²) in [5.74, 6) is 0.0655. The van der Waals surface area contributed by atoms with E-state index >= 15 is 0 Å². The second-order valence-electron chi connectivity index (χ2n) is 8.20. The maximum Gasteiger partial charge on any atom is 0.335 e. The highest BCUT2D eigenvalue weighted by Crippen LogP contribution is 2.26. The molecule has 6 N–H and O–H groups in total. The Hall–Kier alpha value is -4.71. The summed E-state index contributed by atoms with van der Waals surface area (Å²) in [5, 5.41) is 16.8. The first-order chi connectivity index (χ1) is 17.1. The molecule has 0 aliphatic heterocycles. The van der Waals surface area contributed by atoms with Gasteiger partial charge in [-0.15, -0.1) is 0 Å². The number of carbonyl (C=O) groups is 1. The molecule has 182 valence electrons. The highest BCUT2D eigenvalue weighted by atomic mass is 32.2. The van der Waals surface area contributed by atoms with Crippen molar-refractivity contribution in [2.45, 2.75) is 11.3 Å². The number of hydrogen-bond acceptors (Lipinski definition) is 6. The Bertz CT molecular complexity index is 1770. The highest BCUT2D eigenvalue weighted by molar-refractivity contribution is 7.92. The lowest BCUT2D eigenvalue weighted by molar-refractivity contribution is 0.0696. The Kier molecular flexibility index (Phi) is 5.44. The van der Waals surface area contributed by atoms with Crippen LogP contribution >= 0.6 is 0 Å². The monoisotopic (exact) mass is 503 g/mol. The Labute approximate surface area is 205 Å². The molecule has 0 amide bonds. The number of sulfonamides is 1. The zero-order valence-corrected chi connectivity index (χ0v) is 19.8. The molecule has 3 aromatic carbocycles. The Balaban J connectivity index is 1.42.